The smallest absolute Gasteiger partial charge is 0.131 e. The van der Waals surface area contributed by atoms with E-state index in [1.807, 2.05) is 11.3 Å². The summed E-state index contributed by atoms with van der Waals surface area (Å²) < 4.78 is 6.21. The first-order chi connectivity index (χ1) is 28.8. The van der Waals surface area contributed by atoms with Crippen LogP contribution in [0.3, 0.4) is 0 Å². The van der Waals surface area contributed by atoms with E-state index in [1.165, 1.54) is 75.3 Å². The zero-order valence-electron chi connectivity index (χ0n) is 31.7. The van der Waals surface area contributed by atoms with Crippen molar-refractivity contribution in [3.63, 3.8) is 0 Å². The number of nitrogens with zero attached hydrogens (tertiary/aromatic N) is 3. The van der Waals surface area contributed by atoms with Gasteiger partial charge in [-0.1, -0.05) is 127 Å². The number of thiophene rings is 1. The molecule has 0 atom stereocenters. The van der Waals surface area contributed by atoms with Crippen molar-refractivity contribution in [2.45, 2.75) is 12.8 Å². The normalized spacial score (nSPS) is 12.6. The SMILES string of the molecule is C1=Cc2sc3c(N(c4ccc(-c5cccc6ccccc56)cc4)c4ccc5c(c4)c4c6ccccc6n(-c6ccccc6)c4n5-c4ccccc4)cccc3c2CC1. The van der Waals surface area contributed by atoms with Gasteiger partial charge in [0.25, 0.3) is 0 Å². The van der Waals surface area contributed by atoms with Crippen molar-refractivity contribution >= 4 is 88.2 Å². The van der Waals surface area contributed by atoms with Crippen molar-refractivity contribution in [1.82, 2.24) is 9.13 Å². The molecule has 3 heterocycles. The van der Waals surface area contributed by atoms with E-state index in [1.54, 1.807) is 0 Å². The van der Waals surface area contributed by atoms with Crippen LogP contribution in [0.2, 0.25) is 0 Å². The maximum absolute atomic E-state index is 2.49. The third kappa shape index (κ3) is 5.05. The van der Waals surface area contributed by atoms with Gasteiger partial charge in [-0.15, -0.1) is 11.3 Å². The van der Waals surface area contributed by atoms with E-state index in [-0.39, 0.29) is 0 Å². The van der Waals surface area contributed by atoms with Crippen molar-refractivity contribution in [1.29, 1.82) is 0 Å². The van der Waals surface area contributed by atoms with Crippen molar-refractivity contribution in [2.24, 2.45) is 0 Å². The summed E-state index contributed by atoms with van der Waals surface area (Å²) in [7, 11) is 0. The molecule has 0 amide bonds. The van der Waals surface area contributed by atoms with Gasteiger partial charge in [0, 0.05) is 43.8 Å². The lowest BCUT2D eigenvalue weighted by molar-refractivity contribution is 1.01. The number of rotatable bonds is 6. The van der Waals surface area contributed by atoms with Crippen LogP contribution in [0.5, 0.6) is 0 Å². The molecule has 0 radical (unpaired) electrons. The predicted molar refractivity (Wildman–Crippen MR) is 248 cm³/mol. The first kappa shape index (κ1) is 33.0. The highest BCUT2D eigenvalue weighted by Crippen LogP contribution is 2.48. The Balaban J connectivity index is 1.13. The lowest BCUT2D eigenvalue weighted by Crippen LogP contribution is -2.10. The zero-order valence-corrected chi connectivity index (χ0v) is 32.5. The fourth-order valence-corrected chi connectivity index (χ4v) is 10.7. The van der Waals surface area contributed by atoms with Crippen LogP contribution in [-0.2, 0) is 6.42 Å². The molecule has 4 heteroatoms. The fraction of sp³-hybridized carbons (Fsp3) is 0.0370. The maximum Gasteiger partial charge on any atom is 0.131 e. The van der Waals surface area contributed by atoms with E-state index < -0.39 is 0 Å². The summed E-state index contributed by atoms with van der Waals surface area (Å²) in [6.07, 6.45) is 6.82. The quantitative estimate of drug-likeness (QED) is 0.165. The second-order valence-corrected chi connectivity index (χ2v) is 16.3. The Labute approximate surface area is 340 Å². The first-order valence-corrected chi connectivity index (χ1v) is 20.9. The topological polar surface area (TPSA) is 13.1 Å². The van der Waals surface area contributed by atoms with Gasteiger partial charge < -0.3 is 4.90 Å². The summed E-state index contributed by atoms with van der Waals surface area (Å²) in [5.74, 6) is 0. The highest BCUT2D eigenvalue weighted by Gasteiger charge is 2.25. The number of aryl methyl sites for hydroxylation is 1. The number of aromatic nitrogens is 2. The molecule has 1 aliphatic rings. The Hall–Kier alpha value is -7.14. The van der Waals surface area contributed by atoms with Crippen LogP contribution in [0, 0.1) is 0 Å². The molecule has 0 saturated heterocycles. The number of allylic oxidation sites excluding steroid dienone is 1. The molecule has 8 aromatic carbocycles. The first-order valence-electron chi connectivity index (χ1n) is 20.1. The van der Waals surface area contributed by atoms with Gasteiger partial charge in [0.2, 0.25) is 0 Å². The fourth-order valence-electron chi connectivity index (χ4n) is 9.41. The molecule has 0 saturated carbocycles. The molecule has 1 aliphatic carbocycles. The Kier molecular flexibility index (Phi) is 7.54. The molecule has 58 heavy (non-hydrogen) atoms. The summed E-state index contributed by atoms with van der Waals surface area (Å²) in [5, 5.41) is 7.60. The number of hydrogen-bond acceptors (Lipinski definition) is 2. The molecular formula is C54H37N3S. The van der Waals surface area contributed by atoms with Crippen LogP contribution in [0.25, 0.3) is 82.3 Å². The van der Waals surface area contributed by atoms with Crippen molar-refractivity contribution < 1.29 is 0 Å². The number of para-hydroxylation sites is 3. The van der Waals surface area contributed by atoms with Gasteiger partial charge in [-0.25, -0.2) is 0 Å². The molecule has 3 aromatic heterocycles. The van der Waals surface area contributed by atoms with Crippen molar-refractivity contribution in [3.05, 3.63) is 205 Å². The zero-order chi connectivity index (χ0) is 38.2. The second kappa shape index (κ2) is 13.2. The van der Waals surface area contributed by atoms with E-state index in [0.717, 1.165) is 41.2 Å². The lowest BCUT2D eigenvalue weighted by atomic mass is 9.98. The van der Waals surface area contributed by atoms with Crippen LogP contribution in [-0.4, -0.2) is 9.13 Å². The summed E-state index contributed by atoms with van der Waals surface area (Å²) >= 11 is 1.92. The van der Waals surface area contributed by atoms with E-state index in [9.17, 15) is 0 Å². The Morgan fingerprint density at radius 2 is 1.14 bits per heavy atom. The van der Waals surface area contributed by atoms with Gasteiger partial charge in [0.1, 0.15) is 5.65 Å². The summed E-state index contributed by atoms with van der Waals surface area (Å²) in [6, 6.07) is 68.9. The van der Waals surface area contributed by atoms with Gasteiger partial charge in [0.15, 0.2) is 0 Å². The molecule has 11 aromatic rings. The van der Waals surface area contributed by atoms with Crippen LogP contribution in [0.15, 0.2) is 194 Å². The molecule has 0 N–H and O–H groups in total. The number of anilines is 3. The minimum atomic E-state index is 1.08. The number of fused-ring (bicyclic) bond motifs is 9. The number of benzene rings is 8. The molecule has 0 bridgehead atoms. The Morgan fingerprint density at radius 1 is 0.500 bits per heavy atom. The molecule has 0 unspecified atom stereocenters. The molecule has 0 spiro atoms. The second-order valence-electron chi connectivity index (χ2n) is 15.2. The maximum atomic E-state index is 2.49. The van der Waals surface area contributed by atoms with E-state index >= 15 is 0 Å². The largest absolute Gasteiger partial charge is 0.309 e. The number of hydrogen-bond donors (Lipinski definition) is 0. The average Bonchev–Trinajstić information content (AvgIpc) is 3.95. The third-order valence-electron chi connectivity index (χ3n) is 12.0. The van der Waals surface area contributed by atoms with Crippen LogP contribution < -0.4 is 4.90 Å². The van der Waals surface area contributed by atoms with Gasteiger partial charge in [-0.05, 0) is 118 Å². The van der Waals surface area contributed by atoms with Gasteiger partial charge in [0.05, 0.1) is 21.4 Å². The minimum Gasteiger partial charge on any atom is -0.309 e. The van der Waals surface area contributed by atoms with E-state index in [4.69, 9.17) is 0 Å². The molecular weight excluding hydrogens is 723 g/mol. The van der Waals surface area contributed by atoms with Crippen molar-refractivity contribution in [3.8, 4) is 22.5 Å². The minimum absolute atomic E-state index is 1.08. The molecule has 274 valence electrons. The average molecular weight is 760 g/mol. The van der Waals surface area contributed by atoms with Crippen LogP contribution >= 0.6 is 11.3 Å². The summed E-state index contributed by atoms with van der Waals surface area (Å²) in [6.45, 7) is 0. The monoisotopic (exact) mass is 759 g/mol. The summed E-state index contributed by atoms with van der Waals surface area (Å²) in [4.78, 5) is 3.87. The Bertz CT molecular complexity index is 3380. The summed E-state index contributed by atoms with van der Waals surface area (Å²) in [5.41, 5.74) is 13.2. The molecule has 12 rings (SSSR count). The van der Waals surface area contributed by atoms with Crippen LogP contribution in [0.1, 0.15) is 16.9 Å². The standard InChI is InChI=1S/C54H37N3S/c1-3-17-38(18-4-1)56-48-26-11-9-23-46(48)52-47-35-41(33-34-49(47)57(54(52)56)39-19-5-2-6-20-39)55(50-27-14-25-45-44-22-10-12-28-51(44)58-53(45)50)40-31-29-37(30-32-40)43-24-13-16-36-15-7-8-21-42(36)43/h1-9,11-21,23-35H,10,22H2. The lowest BCUT2D eigenvalue weighted by Gasteiger charge is -2.26. The highest BCUT2D eigenvalue weighted by molar-refractivity contribution is 7.20. The van der Waals surface area contributed by atoms with Gasteiger partial charge in [-0.3, -0.25) is 9.13 Å². The van der Waals surface area contributed by atoms with Gasteiger partial charge in [-0.2, -0.15) is 0 Å². The Morgan fingerprint density at radius 3 is 1.93 bits per heavy atom. The van der Waals surface area contributed by atoms with E-state index in [2.05, 4.69) is 214 Å². The molecule has 0 aliphatic heterocycles. The predicted octanol–water partition coefficient (Wildman–Crippen LogP) is 15.2. The highest BCUT2D eigenvalue weighted by atomic mass is 32.1. The van der Waals surface area contributed by atoms with Crippen LogP contribution in [0.4, 0.5) is 17.1 Å². The van der Waals surface area contributed by atoms with E-state index in [0.29, 0.717) is 0 Å². The third-order valence-corrected chi connectivity index (χ3v) is 13.2. The van der Waals surface area contributed by atoms with Crippen molar-refractivity contribution in [2.75, 3.05) is 4.90 Å². The molecule has 3 nitrogen and oxygen atoms in total. The van der Waals surface area contributed by atoms with Gasteiger partial charge >= 0.3 is 0 Å². The molecule has 0 fully saturated rings.